The largest absolute Gasteiger partial charge is 0.489 e. The maximum absolute atomic E-state index is 13.9. The standard InChI is InChI=1S/C24H35FN2O2/c1-5-27-14-7-10-21(27)23(26)24(28)20-16-19(25)11-12-22(20)29-15-13-18(4)9-6-8-17(2)3/h8,11-13,16,21,23H,5-7,9-10,14-15,26H2,1-4H3/b18-13+. The predicted octanol–water partition coefficient (Wildman–Crippen LogP) is 4.89. The summed E-state index contributed by atoms with van der Waals surface area (Å²) in [4.78, 5) is 15.3. The number of halogens is 1. The molecule has 1 fully saturated rings. The topological polar surface area (TPSA) is 55.6 Å². The van der Waals surface area contributed by atoms with Crippen molar-refractivity contribution in [2.45, 2.75) is 65.5 Å². The first-order chi connectivity index (χ1) is 13.8. The van der Waals surface area contributed by atoms with E-state index >= 15 is 0 Å². The summed E-state index contributed by atoms with van der Waals surface area (Å²) >= 11 is 0. The number of allylic oxidation sites excluding steroid dienone is 3. The maximum Gasteiger partial charge on any atom is 0.184 e. The lowest BCUT2D eigenvalue weighted by atomic mass is 9.96. The third-order valence-corrected chi connectivity index (χ3v) is 5.51. The summed E-state index contributed by atoms with van der Waals surface area (Å²) in [7, 11) is 0. The quantitative estimate of drug-likeness (QED) is 0.447. The third-order valence-electron chi connectivity index (χ3n) is 5.51. The molecule has 0 radical (unpaired) electrons. The maximum atomic E-state index is 13.9. The zero-order valence-electron chi connectivity index (χ0n) is 18.2. The van der Waals surface area contributed by atoms with E-state index in [9.17, 15) is 9.18 Å². The Balaban J connectivity index is 2.07. The highest BCUT2D eigenvalue weighted by molar-refractivity contribution is 6.02. The Morgan fingerprint density at radius 1 is 1.34 bits per heavy atom. The van der Waals surface area contributed by atoms with Crippen molar-refractivity contribution >= 4 is 5.78 Å². The van der Waals surface area contributed by atoms with Gasteiger partial charge in [0.25, 0.3) is 0 Å². The number of ether oxygens (including phenoxy) is 1. The molecule has 0 saturated carbocycles. The average molecular weight is 403 g/mol. The van der Waals surface area contributed by atoms with Gasteiger partial charge in [-0.05, 0) is 83.8 Å². The monoisotopic (exact) mass is 402 g/mol. The Kier molecular flexibility index (Phi) is 9.05. The smallest absolute Gasteiger partial charge is 0.184 e. The molecule has 1 heterocycles. The van der Waals surface area contributed by atoms with E-state index in [0.717, 1.165) is 38.8 Å². The first kappa shape index (κ1) is 23.3. The molecule has 29 heavy (non-hydrogen) atoms. The summed E-state index contributed by atoms with van der Waals surface area (Å²) in [6.07, 6.45) is 8.09. The van der Waals surface area contributed by atoms with E-state index in [1.807, 2.05) is 6.08 Å². The van der Waals surface area contributed by atoms with Gasteiger partial charge in [0.1, 0.15) is 18.2 Å². The van der Waals surface area contributed by atoms with Gasteiger partial charge in [0.2, 0.25) is 0 Å². The van der Waals surface area contributed by atoms with Gasteiger partial charge in [0.15, 0.2) is 5.78 Å². The highest BCUT2D eigenvalue weighted by atomic mass is 19.1. The summed E-state index contributed by atoms with van der Waals surface area (Å²) in [6.45, 7) is 10.5. The highest BCUT2D eigenvalue weighted by Gasteiger charge is 2.34. The van der Waals surface area contributed by atoms with Gasteiger partial charge in [0.05, 0.1) is 11.6 Å². The van der Waals surface area contributed by atoms with E-state index in [2.05, 4.69) is 38.7 Å². The number of nitrogens with two attached hydrogens (primary N) is 1. The molecule has 0 aromatic heterocycles. The van der Waals surface area contributed by atoms with Crippen LogP contribution in [0.2, 0.25) is 0 Å². The van der Waals surface area contributed by atoms with E-state index in [1.54, 1.807) is 0 Å². The molecule has 0 amide bonds. The molecule has 0 bridgehead atoms. The van der Waals surface area contributed by atoms with Crippen molar-refractivity contribution in [3.63, 3.8) is 0 Å². The van der Waals surface area contributed by atoms with E-state index in [0.29, 0.717) is 12.4 Å². The van der Waals surface area contributed by atoms with Crippen LogP contribution in [0.3, 0.4) is 0 Å². The molecule has 2 atom stereocenters. The van der Waals surface area contributed by atoms with Crippen molar-refractivity contribution in [2.24, 2.45) is 5.73 Å². The van der Waals surface area contributed by atoms with Crippen LogP contribution in [0.15, 0.2) is 41.5 Å². The Labute approximate surface area is 174 Å². The summed E-state index contributed by atoms with van der Waals surface area (Å²) < 4.78 is 19.7. The normalized spacial score (nSPS) is 18.6. The van der Waals surface area contributed by atoms with Gasteiger partial charge in [-0.1, -0.05) is 24.1 Å². The summed E-state index contributed by atoms with van der Waals surface area (Å²) in [6, 6.07) is 3.41. The zero-order valence-corrected chi connectivity index (χ0v) is 18.2. The van der Waals surface area contributed by atoms with Crippen molar-refractivity contribution in [2.75, 3.05) is 19.7 Å². The molecular formula is C24H35FN2O2. The predicted molar refractivity (Wildman–Crippen MR) is 117 cm³/mol. The Morgan fingerprint density at radius 2 is 2.10 bits per heavy atom. The number of Topliss-reactive ketones (excluding diaryl/α,β-unsaturated/α-hetero) is 1. The van der Waals surface area contributed by atoms with Crippen LogP contribution < -0.4 is 10.5 Å². The first-order valence-electron chi connectivity index (χ1n) is 10.6. The van der Waals surface area contributed by atoms with Gasteiger partial charge in [-0.2, -0.15) is 0 Å². The number of hydrogen-bond donors (Lipinski definition) is 1. The van der Waals surface area contributed by atoms with E-state index < -0.39 is 11.9 Å². The SMILES string of the molecule is CCN1CCCC1C(N)C(=O)c1cc(F)ccc1OC/C=C(\C)CCC=C(C)C. The minimum absolute atomic E-state index is 0.000773. The number of nitrogens with zero attached hydrogens (tertiary/aromatic N) is 1. The van der Waals surface area contributed by atoms with Crippen molar-refractivity contribution < 1.29 is 13.9 Å². The molecule has 2 rings (SSSR count). The summed E-state index contributed by atoms with van der Waals surface area (Å²) in [5, 5.41) is 0. The van der Waals surface area contributed by atoms with Crippen molar-refractivity contribution in [3.8, 4) is 5.75 Å². The molecule has 2 unspecified atom stereocenters. The Bertz CT molecular complexity index is 753. The van der Waals surface area contributed by atoms with E-state index in [-0.39, 0.29) is 17.4 Å². The molecule has 1 aromatic rings. The minimum atomic E-state index is -0.678. The number of ketones is 1. The lowest BCUT2D eigenvalue weighted by Crippen LogP contribution is -2.48. The van der Waals surface area contributed by atoms with Crippen molar-refractivity contribution in [1.29, 1.82) is 0 Å². The molecule has 0 spiro atoms. The van der Waals surface area contributed by atoms with Gasteiger partial charge < -0.3 is 10.5 Å². The van der Waals surface area contributed by atoms with Crippen LogP contribution in [0.4, 0.5) is 4.39 Å². The molecule has 1 aliphatic rings. The molecule has 0 aliphatic carbocycles. The third kappa shape index (κ3) is 6.79. The highest BCUT2D eigenvalue weighted by Crippen LogP contribution is 2.26. The number of hydrogen-bond acceptors (Lipinski definition) is 4. The minimum Gasteiger partial charge on any atom is -0.489 e. The summed E-state index contributed by atoms with van der Waals surface area (Å²) in [5.41, 5.74) is 9.07. The number of carbonyl (C=O) groups is 1. The van der Waals surface area contributed by atoms with Crippen LogP contribution in [0.5, 0.6) is 5.75 Å². The molecule has 2 N–H and O–H groups in total. The Morgan fingerprint density at radius 3 is 2.79 bits per heavy atom. The van der Waals surface area contributed by atoms with Gasteiger partial charge in [0, 0.05) is 6.04 Å². The Hall–Kier alpha value is -1.98. The van der Waals surface area contributed by atoms with E-state index in [4.69, 9.17) is 10.5 Å². The van der Waals surface area contributed by atoms with Crippen LogP contribution in [-0.2, 0) is 0 Å². The lowest BCUT2D eigenvalue weighted by Gasteiger charge is -2.27. The fourth-order valence-corrected chi connectivity index (χ4v) is 3.79. The first-order valence-corrected chi connectivity index (χ1v) is 10.6. The lowest BCUT2D eigenvalue weighted by molar-refractivity contribution is 0.0904. The van der Waals surface area contributed by atoms with Crippen LogP contribution in [0, 0.1) is 5.82 Å². The number of carbonyl (C=O) groups excluding carboxylic acids is 1. The van der Waals surface area contributed by atoms with E-state index in [1.165, 1.54) is 29.3 Å². The molecule has 1 aromatic carbocycles. The summed E-state index contributed by atoms with van der Waals surface area (Å²) in [5.74, 6) is -0.324. The second kappa shape index (κ2) is 11.3. The molecule has 1 aliphatic heterocycles. The van der Waals surface area contributed by atoms with Gasteiger partial charge >= 0.3 is 0 Å². The van der Waals surface area contributed by atoms with Crippen LogP contribution in [0.25, 0.3) is 0 Å². The van der Waals surface area contributed by atoms with Crippen LogP contribution in [0.1, 0.15) is 63.7 Å². The zero-order chi connectivity index (χ0) is 21.4. The molecule has 1 saturated heterocycles. The average Bonchev–Trinajstić information content (AvgIpc) is 3.16. The van der Waals surface area contributed by atoms with Crippen LogP contribution >= 0.6 is 0 Å². The fourth-order valence-electron chi connectivity index (χ4n) is 3.79. The molecule has 4 nitrogen and oxygen atoms in total. The van der Waals surface area contributed by atoms with Gasteiger partial charge in [-0.15, -0.1) is 0 Å². The van der Waals surface area contributed by atoms with Crippen molar-refractivity contribution in [3.05, 3.63) is 52.9 Å². The van der Waals surface area contributed by atoms with Crippen LogP contribution in [-0.4, -0.2) is 42.5 Å². The molecule has 5 heteroatoms. The van der Waals surface area contributed by atoms with Gasteiger partial charge in [-0.3, -0.25) is 9.69 Å². The van der Waals surface area contributed by atoms with Crippen molar-refractivity contribution in [1.82, 2.24) is 4.90 Å². The van der Waals surface area contributed by atoms with Gasteiger partial charge in [-0.25, -0.2) is 4.39 Å². The number of rotatable bonds is 10. The number of likely N-dealkylation sites (tertiary alicyclic amines) is 1. The fraction of sp³-hybridized carbons (Fsp3) is 0.542. The molecular weight excluding hydrogens is 367 g/mol. The second-order valence-electron chi connectivity index (χ2n) is 8.05. The molecule has 160 valence electrons. The second-order valence-corrected chi connectivity index (χ2v) is 8.05. The number of benzene rings is 1. The number of likely N-dealkylation sites (N-methyl/N-ethyl adjacent to an activating group) is 1.